The predicted molar refractivity (Wildman–Crippen MR) is 66.2 cm³/mol. The molecule has 1 unspecified atom stereocenters. The Labute approximate surface area is 92.6 Å². The van der Waals surface area contributed by atoms with Crippen LogP contribution >= 0.6 is 0 Å². The minimum absolute atomic E-state index is 0.00377. The summed E-state index contributed by atoms with van der Waals surface area (Å²) >= 11 is 0. The zero-order valence-electron chi connectivity index (χ0n) is 10.1. The molecule has 0 amide bonds. The van der Waals surface area contributed by atoms with Crippen LogP contribution in [0.3, 0.4) is 0 Å². The summed E-state index contributed by atoms with van der Waals surface area (Å²) in [6, 6.07) is 0. The molecule has 86 valence electrons. The fourth-order valence-corrected chi connectivity index (χ4v) is 1.02. The van der Waals surface area contributed by atoms with Crippen LogP contribution < -0.4 is 5.32 Å². The maximum Gasteiger partial charge on any atom is 0.108 e. The third kappa shape index (κ3) is 7.05. The van der Waals surface area contributed by atoms with Crippen LogP contribution in [-0.4, -0.2) is 29.0 Å². The van der Waals surface area contributed by atoms with E-state index in [-0.39, 0.29) is 5.54 Å². The quantitative estimate of drug-likeness (QED) is 0.681. The molecule has 0 saturated heterocycles. The summed E-state index contributed by atoms with van der Waals surface area (Å²) in [5.41, 5.74) is 0.625. The molecule has 0 spiro atoms. The summed E-state index contributed by atoms with van der Waals surface area (Å²) in [5, 5.41) is 13.1. The molecule has 0 aliphatic rings. The summed E-state index contributed by atoms with van der Waals surface area (Å²) in [4.78, 5) is 4.02. The number of hydrogen-bond acceptors (Lipinski definition) is 3. The van der Waals surface area contributed by atoms with Gasteiger partial charge in [-0.25, -0.2) is 0 Å². The van der Waals surface area contributed by atoms with E-state index in [1.54, 1.807) is 6.08 Å². The fraction of sp³-hybridized carbons (Fsp3) is 0.583. The molecule has 0 heterocycles. The number of aliphatic hydroxyl groups excluding tert-OH is 1. The minimum Gasteiger partial charge on any atom is -0.385 e. The van der Waals surface area contributed by atoms with Crippen LogP contribution in [-0.2, 0) is 0 Å². The Bertz CT molecular complexity index is 249. The normalized spacial score (nSPS) is 15.7. The number of aliphatic imine (C=N–C) groups is 1. The number of nitrogens with zero attached hydrogens (tertiary/aromatic N) is 1. The molecule has 15 heavy (non-hydrogen) atoms. The summed E-state index contributed by atoms with van der Waals surface area (Å²) < 4.78 is 0. The number of rotatable bonds is 5. The van der Waals surface area contributed by atoms with Gasteiger partial charge >= 0.3 is 0 Å². The van der Waals surface area contributed by atoms with E-state index in [4.69, 9.17) is 0 Å². The molecule has 0 aromatic heterocycles. The summed E-state index contributed by atoms with van der Waals surface area (Å²) in [6.45, 7) is 12.1. The first-order chi connectivity index (χ1) is 6.90. The maximum atomic E-state index is 9.84. The largest absolute Gasteiger partial charge is 0.385 e. The third-order valence-corrected chi connectivity index (χ3v) is 1.74. The van der Waals surface area contributed by atoms with Gasteiger partial charge in [-0.3, -0.25) is 4.99 Å². The van der Waals surface area contributed by atoms with E-state index in [1.807, 2.05) is 13.0 Å². The van der Waals surface area contributed by atoms with Crippen LogP contribution in [0.4, 0.5) is 0 Å². The molecule has 0 aromatic rings. The Kier molecular flexibility index (Phi) is 6.13. The third-order valence-electron chi connectivity index (χ3n) is 1.74. The van der Waals surface area contributed by atoms with Gasteiger partial charge in [0.05, 0.1) is 5.71 Å². The van der Waals surface area contributed by atoms with Crippen molar-refractivity contribution in [1.29, 1.82) is 0 Å². The topological polar surface area (TPSA) is 44.6 Å². The van der Waals surface area contributed by atoms with Crippen molar-refractivity contribution in [2.45, 2.75) is 39.3 Å². The monoisotopic (exact) mass is 210 g/mol. The Morgan fingerprint density at radius 1 is 1.53 bits per heavy atom. The van der Waals surface area contributed by atoms with Gasteiger partial charge in [-0.1, -0.05) is 12.7 Å². The van der Waals surface area contributed by atoms with Crippen molar-refractivity contribution < 1.29 is 5.11 Å². The molecule has 0 bridgehead atoms. The number of β-amino-alcohol motifs (C(OH)–C–C–N with tert-alkyl or cyclic N) is 1. The van der Waals surface area contributed by atoms with E-state index in [2.05, 4.69) is 37.7 Å². The van der Waals surface area contributed by atoms with E-state index in [9.17, 15) is 5.11 Å². The number of nitrogens with one attached hydrogen (secondary N) is 1. The van der Waals surface area contributed by atoms with Gasteiger partial charge in [0.2, 0.25) is 0 Å². The second kappa shape index (κ2) is 6.53. The number of aliphatic hydroxyl groups is 1. The van der Waals surface area contributed by atoms with Crippen molar-refractivity contribution in [2.24, 2.45) is 4.99 Å². The highest BCUT2D eigenvalue weighted by molar-refractivity contribution is 5.98. The van der Waals surface area contributed by atoms with Crippen molar-refractivity contribution in [1.82, 2.24) is 5.32 Å². The molecule has 0 radical (unpaired) electrons. The van der Waals surface area contributed by atoms with Crippen LogP contribution in [0.1, 0.15) is 27.7 Å². The highest BCUT2D eigenvalue weighted by atomic mass is 16.3. The van der Waals surface area contributed by atoms with Gasteiger partial charge in [-0.2, -0.15) is 0 Å². The lowest BCUT2D eigenvalue weighted by molar-refractivity contribution is 0.222. The fourth-order valence-electron chi connectivity index (χ4n) is 1.02. The lowest BCUT2D eigenvalue weighted by Crippen LogP contribution is -2.43. The molecule has 2 N–H and O–H groups in total. The van der Waals surface area contributed by atoms with Crippen LogP contribution in [0.15, 0.2) is 29.9 Å². The average molecular weight is 210 g/mol. The van der Waals surface area contributed by atoms with Gasteiger partial charge in [-0.05, 0) is 33.8 Å². The molecule has 0 rings (SSSR count). The van der Waals surface area contributed by atoms with E-state index in [0.29, 0.717) is 12.3 Å². The van der Waals surface area contributed by atoms with Crippen molar-refractivity contribution in [3.8, 4) is 0 Å². The molecule has 0 aliphatic heterocycles. The molecule has 3 heteroatoms. The molecule has 3 nitrogen and oxygen atoms in total. The van der Waals surface area contributed by atoms with Crippen molar-refractivity contribution in [3.63, 3.8) is 0 Å². The average Bonchev–Trinajstić information content (AvgIpc) is 2.13. The standard InChI is InChI=1S/C12H22N2O/c1-6-8-10(13-7-2)11(15)9-14-12(3,4)5/h6-8,11,14-15H,2,9H2,1,3-5H3/b8-6-,13-10+. The molecular formula is C12H22N2O. The second-order valence-electron chi connectivity index (χ2n) is 4.38. The van der Waals surface area contributed by atoms with E-state index < -0.39 is 6.10 Å². The molecule has 0 aliphatic carbocycles. The van der Waals surface area contributed by atoms with Gasteiger partial charge in [-0.15, -0.1) is 0 Å². The summed E-state index contributed by atoms with van der Waals surface area (Å²) in [5.74, 6) is 0. The lowest BCUT2D eigenvalue weighted by Gasteiger charge is -2.22. The second-order valence-corrected chi connectivity index (χ2v) is 4.38. The van der Waals surface area contributed by atoms with Crippen molar-refractivity contribution in [2.75, 3.05) is 6.54 Å². The zero-order valence-corrected chi connectivity index (χ0v) is 10.1. The number of allylic oxidation sites excluding steroid dienone is 1. The van der Waals surface area contributed by atoms with Crippen molar-refractivity contribution >= 4 is 5.71 Å². The molecule has 0 fully saturated rings. The van der Waals surface area contributed by atoms with Gasteiger partial charge in [0.1, 0.15) is 6.10 Å². The first kappa shape index (κ1) is 14.1. The van der Waals surface area contributed by atoms with Gasteiger partial charge in [0.25, 0.3) is 0 Å². The Morgan fingerprint density at radius 2 is 2.13 bits per heavy atom. The molecule has 0 saturated carbocycles. The SMILES string of the molecule is C=C/N=C(\C=C/C)C(O)CNC(C)(C)C. The number of hydrogen-bond donors (Lipinski definition) is 2. The predicted octanol–water partition coefficient (Wildman–Crippen LogP) is 1.90. The van der Waals surface area contributed by atoms with E-state index in [0.717, 1.165) is 0 Å². The van der Waals surface area contributed by atoms with E-state index in [1.165, 1.54) is 6.20 Å². The van der Waals surface area contributed by atoms with E-state index >= 15 is 0 Å². The Hall–Kier alpha value is -0.930. The van der Waals surface area contributed by atoms with Crippen LogP contribution in [0.25, 0.3) is 0 Å². The molecule has 1 atom stereocenters. The first-order valence-corrected chi connectivity index (χ1v) is 5.15. The van der Waals surface area contributed by atoms with Crippen molar-refractivity contribution in [3.05, 3.63) is 24.9 Å². The maximum absolute atomic E-state index is 9.84. The lowest BCUT2D eigenvalue weighted by atomic mass is 10.1. The summed E-state index contributed by atoms with van der Waals surface area (Å²) in [6.07, 6.45) is 4.48. The van der Waals surface area contributed by atoms with Crippen LogP contribution in [0, 0.1) is 0 Å². The Morgan fingerprint density at radius 3 is 2.53 bits per heavy atom. The summed E-state index contributed by atoms with van der Waals surface area (Å²) in [7, 11) is 0. The van der Waals surface area contributed by atoms with Crippen LogP contribution in [0.2, 0.25) is 0 Å². The van der Waals surface area contributed by atoms with Gasteiger partial charge in [0, 0.05) is 18.3 Å². The van der Waals surface area contributed by atoms with Crippen LogP contribution in [0.5, 0.6) is 0 Å². The smallest absolute Gasteiger partial charge is 0.108 e. The van der Waals surface area contributed by atoms with Gasteiger partial charge in [0.15, 0.2) is 0 Å². The van der Waals surface area contributed by atoms with Gasteiger partial charge < -0.3 is 10.4 Å². The minimum atomic E-state index is -0.599. The first-order valence-electron chi connectivity index (χ1n) is 5.15. The molecular weight excluding hydrogens is 188 g/mol. The Balaban J connectivity index is 4.33. The highest BCUT2D eigenvalue weighted by Crippen LogP contribution is 2.00. The highest BCUT2D eigenvalue weighted by Gasteiger charge is 2.14. The molecule has 0 aromatic carbocycles. The zero-order chi connectivity index (χ0) is 11.9.